The number of hydrogen-bond donors (Lipinski definition) is 1. The first-order chi connectivity index (χ1) is 15.2. The summed E-state index contributed by atoms with van der Waals surface area (Å²) in [6, 6.07) is 17.2. The zero-order valence-corrected chi connectivity index (χ0v) is 17.3. The van der Waals surface area contributed by atoms with E-state index in [-0.39, 0.29) is 24.7 Å². The topological polar surface area (TPSA) is 80.8 Å². The Hall–Kier alpha value is -3.61. The van der Waals surface area contributed by atoms with Crippen molar-refractivity contribution in [2.75, 3.05) is 31.2 Å². The molecule has 0 bridgehead atoms. The van der Waals surface area contributed by atoms with Gasteiger partial charge in [-0.3, -0.25) is 14.6 Å². The lowest BCUT2D eigenvalue weighted by molar-refractivity contribution is -0.125. The minimum absolute atomic E-state index is 0.0716. The minimum atomic E-state index is -0.137. The van der Waals surface area contributed by atoms with Crippen LogP contribution in [-0.4, -0.2) is 43.1 Å². The fourth-order valence-electron chi connectivity index (χ4n) is 3.55. The Morgan fingerprint density at radius 1 is 1.06 bits per heavy atom. The lowest BCUT2D eigenvalue weighted by Gasteiger charge is -2.29. The summed E-state index contributed by atoms with van der Waals surface area (Å²) >= 11 is 0. The highest BCUT2D eigenvalue weighted by Crippen LogP contribution is 2.31. The van der Waals surface area contributed by atoms with E-state index in [2.05, 4.69) is 10.3 Å². The highest BCUT2D eigenvalue weighted by molar-refractivity contribution is 5.97. The third-order valence-electron chi connectivity index (χ3n) is 5.09. The van der Waals surface area contributed by atoms with E-state index in [0.717, 1.165) is 22.3 Å². The van der Waals surface area contributed by atoms with Crippen molar-refractivity contribution in [1.82, 2.24) is 10.3 Å². The second kappa shape index (κ2) is 9.93. The summed E-state index contributed by atoms with van der Waals surface area (Å²) in [5.41, 5.74) is 1.59. The van der Waals surface area contributed by atoms with Crippen LogP contribution in [0.2, 0.25) is 0 Å². The largest absolute Gasteiger partial charge is 0.491 e. The van der Waals surface area contributed by atoms with Crippen LogP contribution < -0.4 is 19.7 Å². The Balaban J connectivity index is 1.17. The number of carbonyl (C=O) groups is 2. The van der Waals surface area contributed by atoms with Crippen LogP contribution in [0.5, 0.6) is 11.5 Å². The number of nitrogens with one attached hydrogen (secondary N) is 1. The summed E-state index contributed by atoms with van der Waals surface area (Å²) in [4.78, 5) is 30.8. The molecule has 0 unspecified atom stereocenters. The number of hydrogen-bond acceptors (Lipinski definition) is 5. The van der Waals surface area contributed by atoms with Gasteiger partial charge in [0.05, 0.1) is 18.8 Å². The van der Waals surface area contributed by atoms with Gasteiger partial charge in [0.1, 0.15) is 23.6 Å². The molecule has 2 aromatic carbocycles. The van der Waals surface area contributed by atoms with Crippen molar-refractivity contribution >= 4 is 28.4 Å². The van der Waals surface area contributed by atoms with E-state index in [9.17, 15) is 9.59 Å². The molecule has 1 aliphatic heterocycles. The summed E-state index contributed by atoms with van der Waals surface area (Å²) in [6.45, 7) is 1.92. The molecule has 7 nitrogen and oxygen atoms in total. The number of fused-ring (bicyclic) bond motifs is 2. The standard InChI is InChI=1S/C24H25N3O4/c28-22(11-12-23(29)27-15-17-31-20-9-2-1-8-19(20)27)25-14-5-16-30-21-10-3-6-18-7-4-13-26-24(18)21/h1-4,6-10,13H,5,11-12,14-17H2,(H,25,28). The van der Waals surface area contributed by atoms with Gasteiger partial charge in [-0.05, 0) is 30.7 Å². The molecule has 31 heavy (non-hydrogen) atoms. The van der Waals surface area contributed by atoms with E-state index >= 15 is 0 Å². The Kier molecular flexibility index (Phi) is 6.62. The molecule has 0 saturated heterocycles. The molecule has 0 aliphatic carbocycles. The molecule has 0 fully saturated rings. The van der Waals surface area contributed by atoms with E-state index in [1.54, 1.807) is 11.1 Å². The molecule has 0 atom stereocenters. The van der Waals surface area contributed by atoms with E-state index in [4.69, 9.17) is 9.47 Å². The van der Waals surface area contributed by atoms with Crippen molar-refractivity contribution in [2.45, 2.75) is 19.3 Å². The Labute approximate surface area is 181 Å². The number of aromatic nitrogens is 1. The number of nitrogens with zero attached hydrogens (tertiary/aromatic N) is 2. The van der Waals surface area contributed by atoms with Crippen LogP contribution in [0.15, 0.2) is 60.8 Å². The molecule has 4 rings (SSSR count). The van der Waals surface area contributed by atoms with Crippen molar-refractivity contribution in [3.05, 3.63) is 60.8 Å². The van der Waals surface area contributed by atoms with Gasteiger partial charge >= 0.3 is 0 Å². The molecule has 0 spiro atoms. The molecule has 2 amide bonds. The Morgan fingerprint density at radius 2 is 1.94 bits per heavy atom. The lowest BCUT2D eigenvalue weighted by Crippen LogP contribution is -2.38. The molecule has 7 heteroatoms. The molecular weight excluding hydrogens is 394 g/mol. The summed E-state index contributed by atoms with van der Waals surface area (Å²) in [5, 5.41) is 3.88. The van der Waals surface area contributed by atoms with Gasteiger partial charge in [-0.15, -0.1) is 0 Å². The second-order valence-electron chi connectivity index (χ2n) is 7.24. The number of amides is 2. The predicted octanol–water partition coefficient (Wildman–Crippen LogP) is 3.33. The van der Waals surface area contributed by atoms with Crippen LogP contribution in [-0.2, 0) is 9.59 Å². The SMILES string of the molecule is O=C(CCC(=O)N1CCOc2ccccc21)NCCCOc1cccc2cccnc12. The number of rotatable bonds is 8. The number of para-hydroxylation sites is 3. The van der Waals surface area contributed by atoms with Gasteiger partial charge in [0.25, 0.3) is 0 Å². The first-order valence-electron chi connectivity index (χ1n) is 10.5. The Morgan fingerprint density at radius 3 is 2.87 bits per heavy atom. The summed E-state index contributed by atoms with van der Waals surface area (Å²) in [6.07, 6.45) is 2.73. The van der Waals surface area contributed by atoms with Crippen molar-refractivity contribution < 1.29 is 19.1 Å². The quantitative estimate of drug-likeness (QED) is 0.567. The third kappa shape index (κ3) is 5.12. The zero-order valence-electron chi connectivity index (χ0n) is 17.3. The van der Waals surface area contributed by atoms with Crippen LogP contribution >= 0.6 is 0 Å². The number of carbonyl (C=O) groups excluding carboxylic acids is 2. The fraction of sp³-hybridized carbons (Fsp3) is 0.292. The average Bonchev–Trinajstić information content (AvgIpc) is 2.82. The van der Waals surface area contributed by atoms with Crippen molar-refractivity contribution in [1.29, 1.82) is 0 Å². The van der Waals surface area contributed by atoms with Crippen LogP contribution in [0.4, 0.5) is 5.69 Å². The molecule has 160 valence electrons. The maximum atomic E-state index is 12.6. The normalized spacial score (nSPS) is 12.7. The van der Waals surface area contributed by atoms with Gasteiger partial charge in [0.2, 0.25) is 11.8 Å². The fourth-order valence-corrected chi connectivity index (χ4v) is 3.55. The van der Waals surface area contributed by atoms with E-state index < -0.39 is 0 Å². The monoisotopic (exact) mass is 419 g/mol. The highest BCUT2D eigenvalue weighted by Gasteiger charge is 2.23. The van der Waals surface area contributed by atoms with Gasteiger partial charge in [0.15, 0.2) is 0 Å². The summed E-state index contributed by atoms with van der Waals surface area (Å²) in [5.74, 6) is 1.23. The van der Waals surface area contributed by atoms with Crippen LogP contribution in [0.1, 0.15) is 19.3 Å². The van der Waals surface area contributed by atoms with Crippen LogP contribution in [0, 0.1) is 0 Å². The van der Waals surface area contributed by atoms with Crippen molar-refractivity contribution in [2.24, 2.45) is 0 Å². The van der Waals surface area contributed by atoms with Crippen molar-refractivity contribution in [3.63, 3.8) is 0 Å². The van der Waals surface area contributed by atoms with Gasteiger partial charge in [-0.2, -0.15) is 0 Å². The molecule has 3 aromatic rings. The molecule has 2 heterocycles. The number of pyridine rings is 1. The van der Waals surface area contributed by atoms with Crippen LogP contribution in [0.25, 0.3) is 10.9 Å². The average molecular weight is 419 g/mol. The maximum Gasteiger partial charge on any atom is 0.227 e. The second-order valence-corrected chi connectivity index (χ2v) is 7.24. The zero-order chi connectivity index (χ0) is 21.5. The van der Waals surface area contributed by atoms with E-state index in [0.29, 0.717) is 38.5 Å². The smallest absolute Gasteiger partial charge is 0.227 e. The third-order valence-corrected chi connectivity index (χ3v) is 5.09. The van der Waals surface area contributed by atoms with Gasteiger partial charge in [-0.25, -0.2) is 0 Å². The van der Waals surface area contributed by atoms with Gasteiger partial charge < -0.3 is 19.7 Å². The highest BCUT2D eigenvalue weighted by atomic mass is 16.5. The molecular formula is C24H25N3O4. The van der Waals surface area contributed by atoms with E-state index in [1.165, 1.54) is 0 Å². The summed E-state index contributed by atoms with van der Waals surface area (Å²) < 4.78 is 11.4. The molecule has 1 N–H and O–H groups in total. The van der Waals surface area contributed by atoms with E-state index in [1.807, 2.05) is 54.6 Å². The minimum Gasteiger partial charge on any atom is -0.491 e. The molecule has 0 radical (unpaired) electrons. The summed E-state index contributed by atoms with van der Waals surface area (Å²) in [7, 11) is 0. The predicted molar refractivity (Wildman–Crippen MR) is 118 cm³/mol. The molecule has 0 saturated carbocycles. The molecule has 1 aromatic heterocycles. The van der Waals surface area contributed by atoms with Gasteiger partial charge in [0, 0.05) is 31.0 Å². The first-order valence-corrected chi connectivity index (χ1v) is 10.5. The number of anilines is 1. The number of ether oxygens (including phenoxy) is 2. The maximum absolute atomic E-state index is 12.6. The molecule has 1 aliphatic rings. The Bertz CT molecular complexity index is 1060. The van der Waals surface area contributed by atoms with Gasteiger partial charge in [-0.1, -0.05) is 30.3 Å². The van der Waals surface area contributed by atoms with Crippen LogP contribution in [0.3, 0.4) is 0 Å². The lowest BCUT2D eigenvalue weighted by atomic mass is 10.2. The first kappa shape index (κ1) is 20.7. The number of benzene rings is 2. The van der Waals surface area contributed by atoms with Crippen molar-refractivity contribution in [3.8, 4) is 11.5 Å².